The highest BCUT2D eigenvalue weighted by Crippen LogP contribution is 2.28. The minimum Gasteiger partial charge on any atom is -0.329 e. The lowest BCUT2D eigenvalue weighted by Crippen LogP contribution is -2.38. The van der Waals surface area contributed by atoms with Crippen LogP contribution in [-0.4, -0.2) is 37.1 Å². The lowest BCUT2D eigenvalue weighted by molar-refractivity contribution is 0.0707. The van der Waals surface area contributed by atoms with Crippen LogP contribution in [0.5, 0.6) is 0 Å². The number of benzene rings is 1. The average Bonchev–Trinajstić information content (AvgIpc) is 3.12. The number of hydrogen-bond acceptors (Lipinski definition) is 4. The maximum Gasteiger partial charge on any atom is 0.255 e. The first kappa shape index (κ1) is 15.7. The summed E-state index contributed by atoms with van der Waals surface area (Å²) in [5.41, 5.74) is 0.583. The number of pyridine rings is 1. The lowest BCUT2D eigenvalue weighted by atomic mass is 10.1. The topological polar surface area (TPSA) is 63.9 Å². The Morgan fingerprint density at radius 1 is 1.19 bits per heavy atom. The van der Waals surface area contributed by atoms with Gasteiger partial charge in [-0.15, -0.1) is 10.2 Å². The van der Waals surface area contributed by atoms with E-state index >= 15 is 0 Å². The molecule has 1 atom stereocenters. The fourth-order valence-corrected chi connectivity index (χ4v) is 3.18. The molecule has 0 saturated carbocycles. The van der Waals surface area contributed by atoms with Crippen molar-refractivity contribution >= 4 is 29.1 Å². The number of halogens is 3. The van der Waals surface area contributed by atoms with E-state index in [4.69, 9.17) is 24.6 Å². The third-order valence-electron chi connectivity index (χ3n) is 4.04. The van der Waals surface area contributed by atoms with Crippen molar-refractivity contribution < 1.29 is 10.6 Å². The van der Waals surface area contributed by atoms with E-state index in [1.165, 1.54) is 17.0 Å². The Balaban J connectivity index is 1.67. The van der Waals surface area contributed by atoms with Crippen molar-refractivity contribution in [2.45, 2.75) is 13.1 Å². The van der Waals surface area contributed by atoms with E-state index in [1.807, 2.05) is 6.07 Å². The molecule has 1 unspecified atom stereocenters. The van der Waals surface area contributed by atoms with Crippen LogP contribution in [0.15, 0.2) is 36.5 Å². The third kappa shape index (κ3) is 2.83. The molecule has 0 saturated heterocycles. The van der Waals surface area contributed by atoms with Gasteiger partial charge in [0.25, 0.3) is 5.91 Å². The molecule has 26 heavy (non-hydrogen) atoms. The van der Waals surface area contributed by atoms with Crippen molar-refractivity contribution in [3.8, 4) is 11.5 Å². The summed E-state index contributed by atoms with van der Waals surface area (Å²) in [6.07, 6.45) is 1.64. The molecule has 1 aliphatic rings. The van der Waals surface area contributed by atoms with E-state index in [2.05, 4.69) is 15.2 Å². The Morgan fingerprint density at radius 2 is 2.04 bits per heavy atom. The smallest absolute Gasteiger partial charge is 0.255 e. The highest BCUT2D eigenvalue weighted by atomic mass is 35.5. The molecule has 0 spiro atoms. The van der Waals surface area contributed by atoms with Crippen molar-refractivity contribution in [3.63, 3.8) is 0 Å². The Morgan fingerprint density at radius 3 is 2.81 bits per heavy atom. The average molecular weight is 393 g/mol. The van der Waals surface area contributed by atoms with Gasteiger partial charge in [-0.3, -0.25) is 9.78 Å². The predicted molar refractivity (Wildman–Crippen MR) is 94.4 cm³/mol. The fourth-order valence-electron chi connectivity index (χ4n) is 2.73. The number of carbonyl (C=O) groups excluding carboxylic acids is 1. The van der Waals surface area contributed by atoms with Gasteiger partial charge in [-0.25, -0.2) is 4.39 Å². The summed E-state index contributed by atoms with van der Waals surface area (Å²) < 4.78 is 24.1. The molecule has 3 heterocycles. The molecule has 0 N–H and O–H groups in total. The van der Waals surface area contributed by atoms with Crippen LogP contribution in [0.25, 0.3) is 11.5 Å². The highest BCUT2D eigenvalue weighted by molar-refractivity contribution is 6.37. The van der Waals surface area contributed by atoms with Gasteiger partial charge in [0.2, 0.25) is 0 Å². The molecule has 2 aromatic heterocycles. The largest absolute Gasteiger partial charge is 0.329 e. The minimum absolute atomic E-state index is 0.0475. The van der Waals surface area contributed by atoms with Gasteiger partial charge in [-0.05, 0) is 24.3 Å². The zero-order chi connectivity index (χ0) is 19.1. The van der Waals surface area contributed by atoms with Crippen molar-refractivity contribution in [1.29, 1.82) is 0 Å². The van der Waals surface area contributed by atoms with Gasteiger partial charge in [0.05, 0.1) is 23.5 Å². The van der Waals surface area contributed by atoms with Crippen LogP contribution >= 0.6 is 23.2 Å². The summed E-state index contributed by atoms with van der Waals surface area (Å²) in [7, 11) is 0. The molecule has 0 radical (unpaired) electrons. The van der Waals surface area contributed by atoms with Crippen LogP contribution in [0.1, 0.15) is 17.6 Å². The van der Waals surface area contributed by atoms with Gasteiger partial charge >= 0.3 is 0 Å². The van der Waals surface area contributed by atoms with Crippen molar-refractivity contribution in [2.24, 2.45) is 0 Å². The molecule has 1 aliphatic heterocycles. The van der Waals surface area contributed by atoms with E-state index in [0.29, 0.717) is 23.9 Å². The first-order chi connectivity index (χ1) is 13.0. The molecule has 0 bridgehead atoms. The molecular formula is C17H12Cl2FN5O. The van der Waals surface area contributed by atoms with Gasteiger partial charge in [0, 0.05) is 19.3 Å². The summed E-state index contributed by atoms with van der Waals surface area (Å²) in [4.78, 5) is 18.3. The van der Waals surface area contributed by atoms with E-state index in [0.717, 1.165) is 0 Å². The molecule has 9 heteroatoms. The van der Waals surface area contributed by atoms with Crippen LogP contribution in [0, 0.1) is 5.82 Å². The number of nitrogens with zero attached hydrogens (tertiary/aromatic N) is 5. The van der Waals surface area contributed by atoms with Crippen LogP contribution in [-0.2, 0) is 13.1 Å². The van der Waals surface area contributed by atoms with E-state index in [1.54, 1.807) is 22.9 Å². The summed E-state index contributed by atoms with van der Waals surface area (Å²) in [6.45, 7) is -0.507. The van der Waals surface area contributed by atoms with E-state index < -0.39 is 18.2 Å². The summed E-state index contributed by atoms with van der Waals surface area (Å²) >= 11 is 11.6. The Labute approximate surface area is 159 Å². The standard InChI is InChI=1S/C17H12Cl2FN5O/c18-11-5-4-10(14(19)15(11)20)17(26)24-7-8-25-13(9-24)22-23-16(25)12-3-1-2-6-21-12/h1-6H,7-9H2/i9D. The molecule has 1 aromatic carbocycles. The summed E-state index contributed by atoms with van der Waals surface area (Å²) in [6, 6.07) is 8.03. The normalized spacial score (nSPS) is 17.0. The SMILES string of the molecule is [2H]C1c2nnc(-c3ccccn3)n2CCN1C(=O)c1ccc(Cl)c(F)c1Cl. The van der Waals surface area contributed by atoms with Crippen molar-refractivity contribution in [2.75, 3.05) is 6.54 Å². The molecule has 4 rings (SSSR count). The Kier molecular flexibility index (Phi) is 4.03. The maximum absolute atomic E-state index is 13.9. The molecular weight excluding hydrogens is 380 g/mol. The number of amides is 1. The number of aromatic nitrogens is 4. The molecule has 3 aromatic rings. The lowest BCUT2D eigenvalue weighted by Gasteiger charge is -2.28. The van der Waals surface area contributed by atoms with Gasteiger partial charge in [-0.1, -0.05) is 29.3 Å². The van der Waals surface area contributed by atoms with Gasteiger partial charge in [0.15, 0.2) is 17.5 Å². The summed E-state index contributed by atoms with van der Waals surface area (Å²) in [5, 5.41) is 7.65. The number of hydrogen-bond donors (Lipinski definition) is 0. The van der Waals surface area contributed by atoms with Crippen molar-refractivity contribution in [1.82, 2.24) is 24.6 Å². The molecule has 132 valence electrons. The molecule has 6 nitrogen and oxygen atoms in total. The molecule has 0 aliphatic carbocycles. The Bertz CT molecular complexity index is 1030. The van der Waals surface area contributed by atoms with Crippen LogP contribution < -0.4 is 0 Å². The fraction of sp³-hybridized carbons (Fsp3) is 0.176. The van der Waals surface area contributed by atoms with Crippen LogP contribution in [0.4, 0.5) is 4.39 Å². The minimum atomic E-state index is -1.11. The molecule has 1 amide bonds. The van der Waals surface area contributed by atoms with E-state index in [9.17, 15) is 9.18 Å². The van der Waals surface area contributed by atoms with Crippen LogP contribution in [0.3, 0.4) is 0 Å². The first-order valence-electron chi connectivity index (χ1n) is 8.28. The van der Waals surface area contributed by atoms with Crippen molar-refractivity contribution in [3.05, 3.63) is 63.8 Å². The van der Waals surface area contributed by atoms with E-state index in [-0.39, 0.29) is 22.2 Å². The number of rotatable bonds is 2. The highest BCUT2D eigenvalue weighted by Gasteiger charge is 2.28. The second kappa shape index (κ2) is 6.66. The molecule has 0 fully saturated rings. The van der Waals surface area contributed by atoms with Crippen LogP contribution in [0.2, 0.25) is 10.0 Å². The number of carbonyl (C=O) groups is 1. The second-order valence-corrected chi connectivity index (χ2v) is 6.38. The third-order valence-corrected chi connectivity index (χ3v) is 4.70. The van der Waals surface area contributed by atoms with Gasteiger partial charge in [0.1, 0.15) is 5.69 Å². The quantitative estimate of drug-likeness (QED) is 0.626. The maximum atomic E-state index is 13.9. The van der Waals surface area contributed by atoms with Gasteiger partial charge in [-0.2, -0.15) is 0 Å². The zero-order valence-corrected chi connectivity index (χ0v) is 14.7. The zero-order valence-electron chi connectivity index (χ0n) is 14.2. The number of fused-ring (bicyclic) bond motifs is 1. The second-order valence-electron chi connectivity index (χ2n) is 5.60. The van der Waals surface area contributed by atoms with Gasteiger partial charge < -0.3 is 9.47 Å². The summed E-state index contributed by atoms with van der Waals surface area (Å²) in [5.74, 6) is -0.584. The monoisotopic (exact) mass is 392 g/mol. The Hall–Kier alpha value is -2.51. The first-order valence-corrected chi connectivity index (χ1v) is 8.46. The predicted octanol–water partition coefficient (Wildman–Crippen LogP) is 3.44.